The molecule has 0 amide bonds. The Morgan fingerprint density at radius 1 is 1.16 bits per heavy atom. The third kappa shape index (κ3) is 4.00. The van der Waals surface area contributed by atoms with E-state index in [1.807, 2.05) is 19.2 Å². The zero-order valence-corrected chi connectivity index (χ0v) is 13.3. The predicted molar refractivity (Wildman–Crippen MR) is 84.0 cm³/mol. The second-order valence-electron chi connectivity index (χ2n) is 4.06. The Morgan fingerprint density at radius 3 is 2.53 bits per heavy atom. The maximum absolute atomic E-state index is 5.17. The summed E-state index contributed by atoms with van der Waals surface area (Å²) in [6, 6.07) is 14.5. The van der Waals surface area contributed by atoms with Crippen LogP contribution in [0.15, 0.2) is 56.7 Å². The molecule has 4 heteroatoms. The van der Waals surface area contributed by atoms with Crippen molar-refractivity contribution in [1.82, 2.24) is 5.32 Å². The van der Waals surface area contributed by atoms with Crippen LogP contribution in [0, 0.1) is 0 Å². The Hall–Kier alpha value is -0.970. The molecule has 0 saturated carbocycles. The molecule has 0 radical (unpaired) electrons. The van der Waals surface area contributed by atoms with Crippen LogP contribution in [0.1, 0.15) is 5.56 Å². The van der Waals surface area contributed by atoms with Gasteiger partial charge >= 0.3 is 0 Å². The summed E-state index contributed by atoms with van der Waals surface area (Å²) in [5.74, 6) is 0.885. The van der Waals surface area contributed by atoms with Gasteiger partial charge in [0, 0.05) is 20.8 Å². The number of benzene rings is 2. The second-order valence-corrected chi connectivity index (χ2v) is 6.09. The minimum absolute atomic E-state index is 0.859. The smallest absolute Gasteiger partial charge is 0.118 e. The Bertz CT molecular complexity index is 542. The Kier molecular flexibility index (Phi) is 5.31. The molecular formula is C15H16BrNOS. The predicted octanol–water partition coefficient (Wildman–Crippen LogP) is 4.33. The van der Waals surface area contributed by atoms with Crippen molar-refractivity contribution in [2.24, 2.45) is 0 Å². The summed E-state index contributed by atoms with van der Waals surface area (Å²) in [5, 5.41) is 3.20. The standard InChI is InChI=1S/C15H16BrNOS/c1-17-10-11-9-12(16)3-8-15(11)19-14-6-4-13(18-2)5-7-14/h3-9,17H,10H2,1-2H3. The SMILES string of the molecule is CNCc1cc(Br)ccc1Sc1ccc(OC)cc1. The molecule has 2 nitrogen and oxygen atoms in total. The van der Waals surface area contributed by atoms with E-state index in [2.05, 4.69) is 51.6 Å². The van der Waals surface area contributed by atoms with Crippen LogP contribution < -0.4 is 10.1 Å². The summed E-state index contributed by atoms with van der Waals surface area (Å²) in [5.41, 5.74) is 1.29. The van der Waals surface area contributed by atoms with Gasteiger partial charge in [-0.2, -0.15) is 0 Å². The minimum Gasteiger partial charge on any atom is -0.497 e. The fraction of sp³-hybridized carbons (Fsp3) is 0.200. The average molecular weight is 338 g/mol. The lowest BCUT2D eigenvalue weighted by Gasteiger charge is -2.10. The van der Waals surface area contributed by atoms with Crippen LogP contribution in [0.4, 0.5) is 0 Å². The highest BCUT2D eigenvalue weighted by atomic mass is 79.9. The topological polar surface area (TPSA) is 21.3 Å². The van der Waals surface area contributed by atoms with Crippen molar-refractivity contribution in [2.45, 2.75) is 16.3 Å². The molecule has 0 aliphatic carbocycles. The van der Waals surface area contributed by atoms with Gasteiger partial charge in [0.15, 0.2) is 0 Å². The summed E-state index contributed by atoms with van der Waals surface area (Å²) in [7, 11) is 3.64. The first-order valence-electron chi connectivity index (χ1n) is 5.98. The van der Waals surface area contributed by atoms with E-state index in [1.54, 1.807) is 18.9 Å². The molecule has 0 aliphatic rings. The molecule has 0 saturated heterocycles. The first-order chi connectivity index (χ1) is 9.22. The van der Waals surface area contributed by atoms with Crippen molar-refractivity contribution in [3.8, 4) is 5.75 Å². The highest BCUT2D eigenvalue weighted by molar-refractivity contribution is 9.10. The first kappa shape index (κ1) is 14.4. The zero-order chi connectivity index (χ0) is 13.7. The van der Waals surface area contributed by atoms with E-state index in [9.17, 15) is 0 Å². The van der Waals surface area contributed by atoms with Gasteiger partial charge in [0.2, 0.25) is 0 Å². The lowest BCUT2D eigenvalue weighted by molar-refractivity contribution is 0.414. The number of hydrogen-bond donors (Lipinski definition) is 1. The van der Waals surface area contributed by atoms with Gasteiger partial charge in [-0.15, -0.1) is 0 Å². The molecule has 0 unspecified atom stereocenters. The van der Waals surface area contributed by atoms with E-state index in [0.29, 0.717) is 0 Å². The summed E-state index contributed by atoms with van der Waals surface area (Å²) in [6.45, 7) is 0.859. The monoisotopic (exact) mass is 337 g/mol. The molecule has 0 heterocycles. The van der Waals surface area contributed by atoms with Crippen LogP contribution in [0.5, 0.6) is 5.75 Å². The summed E-state index contributed by atoms with van der Waals surface area (Å²) < 4.78 is 6.28. The van der Waals surface area contributed by atoms with Crippen molar-refractivity contribution in [2.75, 3.05) is 14.2 Å². The number of rotatable bonds is 5. The van der Waals surface area contributed by atoms with Gasteiger partial charge in [-0.1, -0.05) is 27.7 Å². The van der Waals surface area contributed by atoms with Gasteiger partial charge in [0.05, 0.1) is 7.11 Å². The average Bonchev–Trinajstić information content (AvgIpc) is 2.43. The van der Waals surface area contributed by atoms with E-state index < -0.39 is 0 Å². The number of nitrogens with one attached hydrogen (secondary N) is 1. The van der Waals surface area contributed by atoms with Crippen LogP contribution in [0.25, 0.3) is 0 Å². The van der Waals surface area contributed by atoms with E-state index in [4.69, 9.17) is 4.74 Å². The van der Waals surface area contributed by atoms with Gasteiger partial charge < -0.3 is 10.1 Å². The van der Waals surface area contributed by atoms with Crippen LogP contribution in [0.3, 0.4) is 0 Å². The number of halogens is 1. The van der Waals surface area contributed by atoms with Crippen LogP contribution in [0.2, 0.25) is 0 Å². The Labute approximate surface area is 126 Å². The maximum atomic E-state index is 5.17. The largest absolute Gasteiger partial charge is 0.497 e. The number of ether oxygens (including phenoxy) is 1. The van der Waals surface area contributed by atoms with Gasteiger partial charge in [0.1, 0.15) is 5.75 Å². The number of hydrogen-bond acceptors (Lipinski definition) is 3. The van der Waals surface area contributed by atoms with Crippen LogP contribution >= 0.6 is 27.7 Å². The Morgan fingerprint density at radius 2 is 1.89 bits per heavy atom. The van der Waals surface area contributed by atoms with E-state index in [0.717, 1.165) is 16.8 Å². The third-order valence-corrected chi connectivity index (χ3v) is 4.30. The van der Waals surface area contributed by atoms with Crippen LogP contribution in [-0.4, -0.2) is 14.2 Å². The normalized spacial score (nSPS) is 10.5. The van der Waals surface area contributed by atoms with Crippen LogP contribution in [-0.2, 0) is 6.54 Å². The minimum atomic E-state index is 0.859. The molecule has 1 N–H and O–H groups in total. The molecule has 2 aromatic carbocycles. The van der Waals surface area contributed by atoms with Gasteiger partial charge in [0.25, 0.3) is 0 Å². The molecule has 0 aromatic heterocycles. The van der Waals surface area contributed by atoms with Crippen molar-refractivity contribution >= 4 is 27.7 Å². The fourth-order valence-electron chi connectivity index (χ4n) is 1.75. The second kappa shape index (κ2) is 6.98. The molecule has 2 rings (SSSR count). The van der Waals surface area contributed by atoms with Gasteiger partial charge in [-0.05, 0) is 55.1 Å². The van der Waals surface area contributed by atoms with Gasteiger partial charge in [-0.3, -0.25) is 0 Å². The molecule has 19 heavy (non-hydrogen) atoms. The Balaban J connectivity index is 2.21. The maximum Gasteiger partial charge on any atom is 0.118 e. The summed E-state index contributed by atoms with van der Waals surface area (Å²) in [6.07, 6.45) is 0. The van der Waals surface area contributed by atoms with E-state index in [1.165, 1.54) is 15.4 Å². The lowest BCUT2D eigenvalue weighted by Crippen LogP contribution is -2.06. The highest BCUT2D eigenvalue weighted by Crippen LogP contribution is 2.32. The summed E-state index contributed by atoms with van der Waals surface area (Å²) in [4.78, 5) is 2.48. The van der Waals surface area contributed by atoms with Crippen molar-refractivity contribution < 1.29 is 4.74 Å². The van der Waals surface area contributed by atoms with Crippen molar-refractivity contribution in [3.05, 3.63) is 52.5 Å². The molecule has 2 aromatic rings. The highest BCUT2D eigenvalue weighted by Gasteiger charge is 2.05. The molecule has 0 fully saturated rings. The molecule has 100 valence electrons. The molecule has 0 spiro atoms. The zero-order valence-electron chi connectivity index (χ0n) is 10.9. The quantitative estimate of drug-likeness (QED) is 0.877. The number of methoxy groups -OCH3 is 1. The van der Waals surface area contributed by atoms with E-state index >= 15 is 0 Å². The first-order valence-corrected chi connectivity index (χ1v) is 7.59. The van der Waals surface area contributed by atoms with Crippen molar-refractivity contribution in [3.63, 3.8) is 0 Å². The molecule has 0 atom stereocenters. The van der Waals surface area contributed by atoms with Gasteiger partial charge in [-0.25, -0.2) is 0 Å². The van der Waals surface area contributed by atoms with Crippen molar-refractivity contribution in [1.29, 1.82) is 0 Å². The molecule has 0 bridgehead atoms. The molecule has 0 aliphatic heterocycles. The molecular weight excluding hydrogens is 322 g/mol. The lowest BCUT2D eigenvalue weighted by atomic mass is 10.2. The van der Waals surface area contributed by atoms with E-state index in [-0.39, 0.29) is 0 Å². The fourth-order valence-corrected chi connectivity index (χ4v) is 3.08. The third-order valence-electron chi connectivity index (χ3n) is 2.68. The summed E-state index contributed by atoms with van der Waals surface area (Å²) >= 11 is 5.28.